The fourth-order valence-corrected chi connectivity index (χ4v) is 3.40. The minimum Gasteiger partial charge on any atom is -0.507 e. The van der Waals surface area contributed by atoms with Crippen molar-refractivity contribution in [1.82, 2.24) is 5.43 Å². The van der Waals surface area contributed by atoms with Gasteiger partial charge in [0.15, 0.2) is 0 Å². The van der Waals surface area contributed by atoms with Gasteiger partial charge in [-0.25, -0.2) is 10.8 Å². The smallest absolute Gasteiger partial charge is 0.203 e. The van der Waals surface area contributed by atoms with Gasteiger partial charge in [0.25, 0.3) is 0 Å². The topological polar surface area (TPSA) is 106 Å². The third kappa shape index (κ3) is 3.84. The Morgan fingerprint density at radius 3 is 2.36 bits per heavy atom. The van der Waals surface area contributed by atoms with Crippen LogP contribution in [0.25, 0.3) is 0 Å². The number of guanidine groups is 1. The Morgan fingerprint density at radius 2 is 1.88 bits per heavy atom. The average molecular weight is 348 g/mol. The predicted molar refractivity (Wildman–Crippen MR) is 102 cm³/mol. The van der Waals surface area contributed by atoms with Gasteiger partial charge in [-0.1, -0.05) is 41.5 Å². The van der Waals surface area contributed by atoms with Crippen molar-refractivity contribution in [1.29, 1.82) is 0 Å². The molecule has 0 spiro atoms. The van der Waals surface area contributed by atoms with Crippen molar-refractivity contribution in [3.8, 4) is 11.5 Å². The van der Waals surface area contributed by atoms with Gasteiger partial charge in [0.1, 0.15) is 17.1 Å². The summed E-state index contributed by atoms with van der Waals surface area (Å²) < 4.78 is 6.27. The highest BCUT2D eigenvalue weighted by molar-refractivity contribution is 5.77. The van der Waals surface area contributed by atoms with Crippen molar-refractivity contribution in [2.45, 2.75) is 71.3 Å². The van der Waals surface area contributed by atoms with Gasteiger partial charge < -0.3 is 15.6 Å². The number of hydrogen-bond donors (Lipinski definition) is 4. The van der Waals surface area contributed by atoms with E-state index in [0.717, 1.165) is 22.4 Å². The molecule has 140 valence electrons. The maximum atomic E-state index is 11.0. The minimum absolute atomic E-state index is 0.176. The number of hydrazine groups is 1. The van der Waals surface area contributed by atoms with E-state index in [1.807, 2.05) is 13.0 Å². The highest BCUT2D eigenvalue weighted by Crippen LogP contribution is 2.49. The number of aliphatic imine (C=N–C) groups is 1. The van der Waals surface area contributed by atoms with Crippen LogP contribution in [0.2, 0.25) is 0 Å². The minimum atomic E-state index is -0.521. The Bertz CT molecular complexity index is 699. The maximum Gasteiger partial charge on any atom is 0.203 e. The van der Waals surface area contributed by atoms with Crippen molar-refractivity contribution in [2.24, 2.45) is 16.6 Å². The largest absolute Gasteiger partial charge is 0.507 e. The number of benzene rings is 1. The second-order valence-electron chi connectivity index (χ2n) is 9.20. The molecule has 0 fully saturated rings. The first-order valence-corrected chi connectivity index (χ1v) is 8.64. The SMILES string of the molecule is CC1(CN=C(N)NN)Cc2c(cc(C(C)(C)C)c(O)c2C(C)(C)C)O1. The van der Waals surface area contributed by atoms with Crippen molar-refractivity contribution in [2.75, 3.05) is 6.54 Å². The lowest BCUT2D eigenvalue weighted by Gasteiger charge is -2.29. The van der Waals surface area contributed by atoms with Crippen LogP contribution >= 0.6 is 0 Å². The molecule has 6 heteroatoms. The van der Waals surface area contributed by atoms with Gasteiger partial charge in [0.2, 0.25) is 5.96 Å². The van der Waals surface area contributed by atoms with Crippen molar-refractivity contribution in [3.05, 3.63) is 22.8 Å². The Labute approximate surface area is 150 Å². The molecular weight excluding hydrogens is 316 g/mol. The van der Waals surface area contributed by atoms with Crippen molar-refractivity contribution < 1.29 is 9.84 Å². The lowest BCUT2D eigenvalue weighted by molar-refractivity contribution is 0.126. The van der Waals surface area contributed by atoms with Crippen molar-refractivity contribution in [3.63, 3.8) is 0 Å². The average Bonchev–Trinajstić information content (AvgIpc) is 2.77. The van der Waals surface area contributed by atoms with Crippen molar-refractivity contribution >= 4 is 5.96 Å². The number of nitrogens with two attached hydrogens (primary N) is 2. The highest BCUT2D eigenvalue weighted by Gasteiger charge is 2.41. The molecule has 1 unspecified atom stereocenters. The molecule has 1 aromatic rings. The monoisotopic (exact) mass is 348 g/mol. The second-order valence-corrected chi connectivity index (χ2v) is 9.20. The lowest BCUT2D eigenvalue weighted by Crippen LogP contribution is -2.40. The molecular formula is C19H32N4O2. The third-order valence-electron chi connectivity index (χ3n) is 4.56. The zero-order chi connectivity index (χ0) is 19.2. The summed E-state index contributed by atoms with van der Waals surface area (Å²) in [4.78, 5) is 4.24. The Hall–Kier alpha value is -1.95. The Morgan fingerprint density at radius 1 is 1.28 bits per heavy atom. The van der Waals surface area contributed by atoms with Crippen LogP contribution in [0.5, 0.6) is 11.5 Å². The number of hydrogen-bond acceptors (Lipinski definition) is 4. The van der Waals surface area contributed by atoms with E-state index in [1.54, 1.807) is 0 Å². The van der Waals surface area contributed by atoms with E-state index in [9.17, 15) is 5.11 Å². The Kier molecular flexibility index (Phi) is 4.72. The summed E-state index contributed by atoms with van der Waals surface area (Å²) >= 11 is 0. The molecule has 1 aliphatic heterocycles. The molecule has 0 aromatic heterocycles. The van der Waals surface area contributed by atoms with Gasteiger partial charge >= 0.3 is 0 Å². The van der Waals surface area contributed by atoms with Gasteiger partial charge in [-0.3, -0.25) is 5.43 Å². The van der Waals surface area contributed by atoms with Crippen LogP contribution in [0.3, 0.4) is 0 Å². The molecule has 0 aliphatic carbocycles. The summed E-state index contributed by atoms with van der Waals surface area (Å²) in [7, 11) is 0. The summed E-state index contributed by atoms with van der Waals surface area (Å²) in [5.41, 5.74) is 9.96. The van der Waals surface area contributed by atoms with E-state index in [1.165, 1.54) is 0 Å². The summed E-state index contributed by atoms with van der Waals surface area (Å²) in [6, 6.07) is 1.97. The van der Waals surface area contributed by atoms with Crippen LogP contribution in [-0.4, -0.2) is 23.2 Å². The number of aromatic hydroxyl groups is 1. The van der Waals surface area contributed by atoms with Crippen LogP contribution in [0.4, 0.5) is 0 Å². The molecule has 0 saturated carbocycles. The van der Waals surface area contributed by atoms with Gasteiger partial charge in [-0.15, -0.1) is 0 Å². The molecule has 1 atom stereocenters. The number of phenols is 1. The number of rotatable bonds is 2. The van der Waals surface area contributed by atoms with E-state index in [2.05, 4.69) is 52.0 Å². The van der Waals surface area contributed by atoms with E-state index in [0.29, 0.717) is 18.7 Å². The summed E-state index contributed by atoms with van der Waals surface area (Å²) in [6.07, 6.45) is 0.661. The van der Waals surface area contributed by atoms with Gasteiger partial charge in [-0.05, 0) is 23.8 Å². The van der Waals surface area contributed by atoms with Gasteiger partial charge in [-0.2, -0.15) is 0 Å². The quantitative estimate of drug-likeness (QED) is 0.284. The lowest BCUT2D eigenvalue weighted by atomic mass is 9.76. The summed E-state index contributed by atoms with van der Waals surface area (Å²) in [6.45, 7) is 15.0. The fourth-order valence-electron chi connectivity index (χ4n) is 3.40. The number of nitrogens with zero attached hydrogens (tertiary/aromatic N) is 1. The highest BCUT2D eigenvalue weighted by atomic mass is 16.5. The summed E-state index contributed by atoms with van der Waals surface area (Å²) in [5.74, 6) is 6.65. The van der Waals surface area contributed by atoms with Gasteiger partial charge in [0.05, 0.1) is 6.54 Å². The molecule has 0 amide bonds. The zero-order valence-corrected chi connectivity index (χ0v) is 16.4. The Balaban J connectivity index is 2.56. The molecule has 6 nitrogen and oxygen atoms in total. The maximum absolute atomic E-state index is 11.0. The molecule has 6 N–H and O–H groups in total. The van der Waals surface area contributed by atoms with E-state index in [4.69, 9.17) is 16.3 Å². The number of phenolic OH excluding ortho intramolecular Hbond substituents is 1. The fraction of sp³-hybridized carbons (Fsp3) is 0.632. The standard InChI is InChI=1S/C19H32N4O2/c1-17(2,3)12-8-13-11(14(15(12)24)18(4,5)6)9-19(7,25-13)10-22-16(20)23-21/h8,24H,9-10,21H2,1-7H3,(H3,20,22,23). The number of nitrogens with one attached hydrogen (secondary N) is 1. The first-order valence-electron chi connectivity index (χ1n) is 8.64. The van der Waals surface area contributed by atoms with Crippen LogP contribution in [0.1, 0.15) is 65.2 Å². The van der Waals surface area contributed by atoms with Crippen LogP contribution < -0.4 is 21.7 Å². The molecule has 0 saturated heterocycles. The summed E-state index contributed by atoms with van der Waals surface area (Å²) in [5, 5.41) is 11.0. The van der Waals surface area contributed by atoms with E-state index in [-0.39, 0.29) is 16.8 Å². The van der Waals surface area contributed by atoms with Crippen LogP contribution in [0.15, 0.2) is 11.1 Å². The molecule has 0 bridgehead atoms. The second kappa shape index (κ2) is 6.09. The van der Waals surface area contributed by atoms with E-state index < -0.39 is 5.60 Å². The normalized spacial score (nSPS) is 21.0. The molecule has 2 rings (SSSR count). The molecule has 1 aliphatic rings. The molecule has 1 aromatic carbocycles. The van der Waals surface area contributed by atoms with Crippen LogP contribution in [-0.2, 0) is 17.3 Å². The first-order chi connectivity index (χ1) is 11.3. The van der Waals surface area contributed by atoms with E-state index >= 15 is 0 Å². The molecule has 1 heterocycles. The first kappa shape index (κ1) is 19.4. The predicted octanol–water partition coefficient (Wildman–Crippen LogP) is 2.46. The van der Waals surface area contributed by atoms with Crippen LogP contribution in [0, 0.1) is 0 Å². The van der Waals surface area contributed by atoms with Gasteiger partial charge in [0, 0.05) is 23.1 Å². The molecule has 0 radical (unpaired) electrons. The number of ether oxygens (including phenoxy) is 1. The molecule has 25 heavy (non-hydrogen) atoms. The third-order valence-corrected chi connectivity index (χ3v) is 4.56. The zero-order valence-electron chi connectivity index (χ0n) is 16.4. The number of fused-ring (bicyclic) bond motifs is 1.